The van der Waals surface area contributed by atoms with E-state index in [1.54, 1.807) is 32.6 Å². The maximum Gasteiger partial charge on any atom is 0.408 e. The molecule has 7 heteroatoms. The molecule has 27 heavy (non-hydrogen) atoms. The molecule has 1 atom stereocenters. The molecule has 1 N–H and O–H groups in total. The van der Waals surface area contributed by atoms with Gasteiger partial charge in [-0.15, -0.1) is 0 Å². The van der Waals surface area contributed by atoms with Crippen LogP contribution < -0.4 is 5.32 Å². The van der Waals surface area contributed by atoms with Crippen LogP contribution in [-0.4, -0.2) is 48.2 Å². The summed E-state index contributed by atoms with van der Waals surface area (Å²) in [6.45, 7) is 9.10. The van der Waals surface area contributed by atoms with Crippen molar-refractivity contribution < 1.29 is 23.9 Å². The number of benzene rings is 1. The van der Waals surface area contributed by atoms with Crippen LogP contribution in [0.4, 0.5) is 4.79 Å². The van der Waals surface area contributed by atoms with E-state index in [1.165, 1.54) is 7.11 Å². The molecule has 0 saturated heterocycles. The first-order valence-electron chi connectivity index (χ1n) is 8.91. The fraction of sp³-hybridized carbons (Fsp3) is 0.550. The summed E-state index contributed by atoms with van der Waals surface area (Å²) in [7, 11) is 1.31. The highest BCUT2D eigenvalue weighted by molar-refractivity contribution is 5.83. The van der Waals surface area contributed by atoms with Gasteiger partial charge in [-0.3, -0.25) is 9.59 Å². The van der Waals surface area contributed by atoms with Gasteiger partial charge in [-0.1, -0.05) is 24.3 Å². The van der Waals surface area contributed by atoms with E-state index < -0.39 is 17.7 Å². The molecule has 7 nitrogen and oxygen atoms in total. The van der Waals surface area contributed by atoms with Crippen molar-refractivity contribution in [1.29, 1.82) is 0 Å². The lowest BCUT2D eigenvalue weighted by molar-refractivity contribution is -0.143. The van der Waals surface area contributed by atoms with Gasteiger partial charge in [-0.25, -0.2) is 4.79 Å². The molecule has 1 unspecified atom stereocenters. The van der Waals surface area contributed by atoms with Crippen LogP contribution in [-0.2, 0) is 25.6 Å². The summed E-state index contributed by atoms with van der Waals surface area (Å²) in [6, 6.07) is 7.33. The molecule has 0 aliphatic rings. The fourth-order valence-electron chi connectivity index (χ4n) is 2.46. The number of alkyl carbamates (subject to hydrolysis) is 1. The molecule has 0 heterocycles. The average molecular weight is 378 g/mol. The maximum atomic E-state index is 12.7. The normalized spacial score (nSPS) is 12.1. The molecule has 1 aromatic carbocycles. The molecule has 0 radical (unpaired) electrons. The summed E-state index contributed by atoms with van der Waals surface area (Å²) >= 11 is 0. The Hall–Kier alpha value is -2.57. The van der Waals surface area contributed by atoms with Crippen molar-refractivity contribution in [2.75, 3.05) is 13.7 Å². The van der Waals surface area contributed by atoms with Gasteiger partial charge < -0.3 is 19.7 Å². The number of rotatable bonds is 7. The number of esters is 1. The smallest absolute Gasteiger partial charge is 0.408 e. The van der Waals surface area contributed by atoms with Crippen LogP contribution >= 0.6 is 0 Å². The molecule has 1 aromatic rings. The van der Waals surface area contributed by atoms with E-state index in [2.05, 4.69) is 5.32 Å². The minimum atomic E-state index is -0.660. The molecule has 0 aliphatic heterocycles. The third-order valence-corrected chi connectivity index (χ3v) is 3.93. The van der Waals surface area contributed by atoms with Gasteiger partial charge in [0.1, 0.15) is 12.1 Å². The lowest BCUT2D eigenvalue weighted by Gasteiger charge is -2.30. The summed E-state index contributed by atoms with van der Waals surface area (Å²) in [5.41, 5.74) is 1.37. The van der Waals surface area contributed by atoms with Crippen LogP contribution in [0.5, 0.6) is 0 Å². The van der Waals surface area contributed by atoms with Crippen LogP contribution in [0, 0.1) is 6.92 Å². The van der Waals surface area contributed by atoms with Crippen molar-refractivity contribution in [2.24, 2.45) is 0 Å². The van der Waals surface area contributed by atoms with Crippen LogP contribution in [0.15, 0.2) is 24.3 Å². The number of amides is 2. The van der Waals surface area contributed by atoms with Crippen molar-refractivity contribution in [3.8, 4) is 0 Å². The zero-order valence-electron chi connectivity index (χ0n) is 17.0. The highest BCUT2D eigenvalue weighted by Gasteiger charge is 2.24. The number of ether oxygens (including phenoxy) is 2. The van der Waals surface area contributed by atoms with E-state index in [-0.39, 0.29) is 24.9 Å². The predicted molar refractivity (Wildman–Crippen MR) is 102 cm³/mol. The molecule has 0 aliphatic carbocycles. The number of hydrogen-bond acceptors (Lipinski definition) is 5. The van der Waals surface area contributed by atoms with Gasteiger partial charge in [0.2, 0.25) is 5.91 Å². The third kappa shape index (κ3) is 8.11. The predicted octanol–water partition coefficient (Wildman–Crippen LogP) is 2.80. The molecular formula is C20H30N2O5. The van der Waals surface area contributed by atoms with Crippen LogP contribution in [0.2, 0.25) is 0 Å². The fourth-order valence-corrected chi connectivity index (χ4v) is 2.46. The van der Waals surface area contributed by atoms with Crippen LogP contribution in [0.25, 0.3) is 0 Å². The van der Waals surface area contributed by atoms with E-state index in [9.17, 15) is 14.4 Å². The van der Waals surface area contributed by atoms with Gasteiger partial charge in [-0.05, 0) is 45.7 Å². The Morgan fingerprint density at radius 3 is 2.37 bits per heavy atom. The van der Waals surface area contributed by atoms with Gasteiger partial charge in [0.05, 0.1) is 13.5 Å². The Kier molecular flexibility index (Phi) is 8.28. The number of aryl methyl sites for hydroxylation is 1. The van der Waals surface area contributed by atoms with Gasteiger partial charge >= 0.3 is 12.1 Å². The molecule has 0 saturated carbocycles. The summed E-state index contributed by atoms with van der Waals surface area (Å²) in [5.74, 6) is -0.703. The Labute approximate surface area is 161 Å². The van der Waals surface area contributed by atoms with E-state index in [1.807, 2.05) is 31.2 Å². The Bertz CT molecular complexity index is 667. The second kappa shape index (κ2) is 9.94. The number of nitrogens with one attached hydrogen (secondary N) is 1. The van der Waals surface area contributed by atoms with Gasteiger partial charge in [-0.2, -0.15) is 0 Å². The van der Waals surface area contributed by atoms with Crippen molar-refractivity contribution >= 4 is 18.0 Å². The number of methoxy groups -OCH3 is 1. The Balaban J connectivity index is 2.86. The lowest BCUT2D eigenvalue weighted by atomic mass is 10.1. The zero-order valence-corrected chi connectivity index (χ0v) is 17.0. The number of carbonyl (C=O) groups excluding carboxylic acids is 3. The Morgan fingerprint density at radius 2 is 1.81 bits per heavy atom. The highest BCUT2D eigenvalue weighted by atomic mass is 16.6. The van der Waals surface area contributed by atoms with E-state index in [4.69, 9.17) is 9.47 Å². The maximum absolute atomic E-state index is 12.7. The molecule has 0 bridgehead atoms. The minimum Gasteiger partial charge on any atom is -0.469 e. The molecule has 2 amide bonds. The molecule has 150 valence electrons. The summed E-state index contributed by atoms with van der Waals surface area (Å²) in [6.07, 6.45) is -0.590. The molecule has 1 rings (SSSR count). The second-order valence-electron chi connectivity index (χ2n) is 7.43. The number of carbonyl (C=O) groups is 3. The molecule has 0 fully saturated rings. The number of nitrogens with zero attached hydrogens (tertiary/aromatic N) is 1. The molecule has 0 spiro atoms. The quantitative estimate of drug-likeness (QED) is 0.738. The zero-order chi connectivity index (χ0) is 20.6. The second-order valence-corrected chi connectivity index (χ2v) is 7.43. The number of hydrogen-bond donors (Lipinski definition) is 1. The van der Waals surface area contributed by atoms with E-state index >= 15 is 0 Å². The van der Waals surface area contributed by atoms with Gasteiger partial charge in [0.25, 0.3) is 0 Å². The molecular weight excluding hydrogens is 348 g/mol. The van der Waals surface area contributed by atoms with Crippen LogP contribution in [0.3, 0.4) is 0 Å². The third-order valence-electron chi connectivity index (χ3n) is 3.93. The monoisotopic (exact) mass is 378 g/mol. The summed E-state index contributed by atoms with van der Waals surface area (Å²) in [4.78, 5) is 37.8. The van der Waals surface area contributed by atoms with Crippen molar-refractivity contribution in [3.05, 3.63) is 35.4 Å². The Morgan fingerprint density at radius 1 is 1.19 bits per heavy atom. The van der Waals surface area contributed by atoms with Gasteiger partial charge in [0, 0.05) is 12.6 Å². The molecule has 0 aromatic heterocycles. The first-order chi connectivity index (χ1) is 12.5. The average Bonchev–Trinajstić information content (AvgIpc) is 2.57. The van der Waals surface area contributed by atoms with Crippen molar-refractivity contribution in [1.82, 2.24) is 10.2 Å². The summed E-state index contributed by atoms with van der Waals surface area (Å²) in [5, 5.41) is 2.47. The van der Waals surface area contributed by atoms with E-state index in [0.29, 0.717) is 6.54 Å². The van der Waals surface area contributed by atoms with Gasteiger partial charge in [0.15, 0.2) is 0 Å². The van der Waals surface area contributed by atoms with E-state index in [0.717, 1.165) is 11.1 Å². The van der Waals surface area contributed by atoms with Crippen molar-refractivity contribution in [2.45, 2.75) is 59.2 Å². The standard InChI is InChI=1S/C20H30N2O5/c1-14-9-7-8-10-16(14)13-22(15(2)11-18(24)26-6)17(23)12-21-19(25)27-20(3,4)5/h7-10,15H,11-13H2,1-6H3,(H,21,25). The van der Waals surface area contributed by atoms with Crippen LogP contribution in [0.1, 0.15) is 45.2 Å². The first kappa shape index (κ1) is 22.5. The highest BCUT2D eigenvalue weighted by Crippen LogP contribution is 2.15. The minimum absolute atomic E-state index is 0.0700. The van der Waals surface area contributed by atoms with Crippen molar-refractivity contribution in [3.63, 3.8) is 0 Å². The topological polar surface area (TPSA) is 84.9 Å². The SMILES string of the molecule is COC(=O)CC(C)N(Cc1ccccc1C)C(=O)CNC(=O)OC(C)(C)C. The largest absolute Gasteiger partial charge is 0.469 e. The lowest BCUT2D eigenvalue weighted by Crippen LogP contribution is -2.45. The summed E-state index contributed by atoms with van der Waals surface area (Å²) < 4.78 is 9.86. The first-order valence-corrected chi connectivity index (χ1v) is 8.91.